The molecule has 0 aliphatic carbocycles. The molecule has 0 aliphatic rings. The van der Waals surface area contributed by atoms with Crippen molar-refractivity contribution in [3.63, 3.8) is 0 Å². The summed E-state index contributed by atoms with van der Waals surface area (Å²) >= 11 is 0. The molecule has 0 aromatic rings. The standard InChI is InChI=1S/C6H19O3Si3/c1-7-11(4)9-12(5,6)8-10(2)3/h10H,1-6H3. The zero-order valence-electron chi connectivity index (χ0n) is 8.80. The molecule has 0 aromatic heterocycles. The van der Waals surface area contributed by atoms with Crippen LogP contribution in [0, 0.1) is 0 Å². The Kier molecular flexibility index (Phi) is 5.54. The average Bonchev–Trinajstić information content (AvgIpc) is 1.83. The summed E-state index contributed by atoms with van der Waals surface area (Å²) in [6.45, 7) is 10.5. The SMILES string of the molecule is CO[Si](C)O[Si](C)(C)O[SiH](C)C. The van der Waals surface area contributed by atoms with Crippen molar-refractivity contribution < 1.29 is 12.7 Å². The molecule has 0 fully saturated rings. The monoisotopic (exact) mass is 223 g/mol. The average molecular weight is 223 g/mol. The number of hydrogen-bond acceptors (Lipinski definition) is 3. The lowest BCUT2D eigenvalue weighted by Gasteiger charge is -2.27. The van der Waals surface area contributed by atoms with Crippen molar-refractivity contribution in [2.45, 2.75) is 32.7 Å². The maximum absolute atomic E-state index is 5.81. The summed E-state index contributed by atoms with van der Waals surface area (Å²) in [5, 5.41) is 0. The minimum Gasteiger partial charge on any atom is -0.440 e. The van der Waals surface area contributed by atoms with Gasteiger partial charge < -0.3 is 12.7 Å². The zero-order valence-corrected chi connectivity index (χ0v) is 12.0. The third-order valence-corrected chi connectivity index (χ3v) is 9.04. The highest BCUT2D eigenvalue weighted by molar-refractivity contribution is 6.77. The van der Waals surface area contributed by atoms with Crippen LogP contribution in [0.25, 0.3) is 0 Å². The van der Waals surface area contributed by atoms with Gasteiger partial charge in [0.25, 0.3) is 0 Å². The van der Waals surface area contributed by atoms with Gasteiger partial charge in [0.2, 0.25) is 0 Å². The first-order valence-electron chi connectivity index (χ1n) is 4.12. The third-order valence-electron chi connectivity index (χ3n) is 1.20. The van der Waals surface area contributed by atoms with Crippen molar-refractivity contribution >= 4 is 26.9 Å². The quantitative estimate of drug-likeness (QED) is 0.661. The zero-order chi connectivity index (χ0) is 9.78. The fraction of sp³-hybridized carbons (Fsp3) is 1.00. The Morgan fingerprint density at radius 1 is 1.25 bits per heavy atom. The van der Waals surface area contributed by atoms with Crippen LogP contribution >= 0.6 is 0 Å². The second kappa shape index (κ2) is 5.30. The summed E-state index contributed by atoms with van der Waals surface area (Å²) in [6.07, 6.45) is 0. The molecule has 0 aliphatic heterocycles. The second-order valence-corrected chi connectivity index (χ2v) is 11.4. The Bertz CT molecular complexity index is 129. The van der Waals surface area contributed by atoms with E-state index in [9.17, 15) is 0 Å². The largest absolute Gasteiger partial charge is 0.440 e. The van der Waals surface area contributed by atoms with Gasteiger partial charge in [-0.3, -0.25) is 0 Å². The smallest absolute Gasteiger partial charge is 0.371 e. The molecule has 6 heteroatoms. The fourth-order valence-electron chi connectivity index (χ4n) is 0.979. The molecule has 0 aromatic carbocycles. The maximum Gasteiger partial charge on any atom is 0.371 e. The van der Waals surface area contributed by atoms with Gasteiger partial charge in [0.1, 0.15) is 0 Å². The van der Waals surface area contributed by atoms with E-state index in [0.717, 1.165) is 0 Å². The molecule has 0 unspecified atom stereocenters. The summed E-state index contributed by atoms with van der Waals surface area (Å²) in [5.74, 6) is 0. The van der Waals surface area contributed by atoms with E-state index in [0.29, 0.717) is 0 Å². The van der Waals surface area contributed by atoms with Crippen LogP contribution in [0.5, 0.6) is 0 Å². The van der Waals surface area contributed by atoms with E-state index in [-0.39, 0.29) is 0 Å². The number of hydrogen-bond donors (Lipinski definition) is 0. The van der Waals surface area contributed by atoms with Crippen molar-refractivity contribution in [2.24, 2.45) is 0 Å². The minimum atomic E-state index is -1.87. The summed E-state index contributed by atoms with van der Waals surface area (Å²) in [4.78, 5) is 0. The van der Waals surface area contributed by atoms with Gasteiger partial charge in [-0.2, -0.15) is 0 Å². The lowest BCUT2D eigenvalue weighted by Crippen LogP contribution is -2.43. The molecule has 3 nitrogen and oxygen atoms in total. The van der Waals surface area contributed by atoms with Gasteiger partial charge in [0, 0.05) is 7.11 Å². The predicted molar refractivity (Wildman–Crippen MR) is 57.2 cm³/mol. The molecule has 12 heavy (non-hydrogen) atoms. The van der Waals surface area contributed by atoms with Crippen LogP contribution < -0.4 is 0 Å². The van der Waals surface area contributed by atoms with E-state index in [1.807, 2.05) is 6.55 Å². The van der Waals surface area contributed by atoms with Gasteiger partial charge in [-0.1, -0.05) is 0 Å². The second-order valence-electron chi connectivity index (χ2n) is 3.36. The van der Waals surface area contributed by atoms with Crippen molar-refractivity contribution in [2.75, 3.05) is 7.11 Å². The van der Waals surface area contributed by atoms with Crippen LogP contribution in [-0.4, -0.2) is 34.0 Å². The van der Waals surface area contributed by atoms with E-state index in [2.05, 4.69) is 26.2 Å². The van der Waals surface area contributed by atoms with Crippen LogP contribution in [0.1, 0.15) is 0 Å². The number of rotatable bonds is 5. The molecule has 0 bridgehead atoms. The van der Waals surface area contributed by atoms with Crippen molar-refractivity contribution in [3.05, 3.63) is 0 Å². The molecule has 1 radical (unpaired) electrons. The lowest BCUT2D eigenvalue weighted by atomic mass is 11.8. The van der Waals surface area contributed by atoms with Crippen LogP contribution in [0.4, 0.5) is 0 Å². The van der Waals surface area contributed by atoms with Gasteiger partial charge in [-0.05, 0) is 32.7 Å². The van der Waals surface area contributed by atoms with Crippen molar-refractivity contribution in [1.29, 1.82) is 0 Å². The van der Waals surface area contributed by atoms with Gasteiger partial charge in [0.05, 0.1) is 0 Å². The topological polar surface area (TPSA) is 27.7 Å². The van der Waals surface area contributed by atoms with Crippen LogP contribution in [-0.2, 0) is 12.7 Å². The van der Waals surface area contributed by atoms with Crippen LogP contribution in [0.3, 0.4) is 0 Å². The molecule has 0 rings (SSSR count). The van der Waals surface area contributed by atoms with E-state index < -0.39 is 26.9 Å². The van der Waals surface area contributed by atoms with E-state index in [1.54, 1.807) is 7.11 Å². The Morgan fingerprint density at radius 3 is 2.08 bits per heavy atom. The highest BCUT2D eigenvalue weighted by Crippen LogP contribution is 2.09. The molecule has 0 saturated heterocycles. The molecular formula is C6H19O3Si3. The molecule has 0 spiro atoms. The summed E-state index contributed by atoms with van der Waals surface area (Å²) < 4.78 is 16.7. The molecule has 0 atom stereocenters. The Hall–Kier alpha value is 0.531. The molecular weight excluding hydrogens is 204 g/mol. The first-order valence-corrected chi connectivity index (χ1v) is 11.5. The van der Waals surface area contributed by atoms with E-state index in [4.69, 9.17) is 12.7 Å². The fourth-order valence-corrected chi connectivity index (χ4v) is 9.25. The van der Waals surface area contributed by atoms with Gasteiger partial charge in [-0.25, -0.2) is 0 Å². The molecule has 73 valence electrons. The summed E-state index contributed by atoms with van der Waals surface area (Å²) in [7, 11) is -2.22. The first-order chi connectivity index (χ1) is 5.37. The van der Waals surface area contributed by atoms with Gasteiger partial charge in [-0.15, -0.1) is 0 Å². The van der Waals surface area contributed by atoms with Gasteiger partial charge >= 0.3 is 17.8 Å². The van der Waals surface area contributed by atoms with Crippen LogP contribution in [0.2, 0.25) is 32.7 Å². The highest BCUT2D eigenvalue weighted by atomic mass is 28.5. The highest BCUT2D eigenvalue weighted by Gasteiger charge is 2.29. The molecule has 0 heterocycles. The summed E-state index contributed by atoms with van der Waals surface area (Å²) in [6, 6.07) is 0. The Labute approximate surface area is 79.9 Å². The Balaban J connectivity index is 3.85. The first kappa shape index (κ1) is 12.5. The van der Waals surface area contributed by atoms with Crippen molar-refractivity contribution in [1.82, 2.24) is 0 Å². The molecule has 0 amide bonds. The van der Waals surface area contributed by atoms with Crippen LogP contribution in [0.15, 0.2) is 0 Å². The lowest BCUT2D eigenvalue weighted by molar-refractivity contribution is 0.306. The maximum atomic E-state index is 5.81. The summed E-state index contributed by atoms with van der Waals surface area (Å²) in [5.41, 5.74) is 0. The normalized spacial score (nSPS) is 13.0. The minimum absolute atomic E-state index is 0.968. The predicted octanol–water partition coefficient (Wildman–Crippen LogP) is 1.47. The molecule has 0 N–H and O–H groups in total. The Morgan fingerprint density at radius 2 is 1.75 bits per heavy atom. The van der Waals surface area contributed by atoms with E-state index >= 15 is 0 Å². The third kappa shape index (κ3) is 6.09. The molecule has 0 saturated carbocycles. The van der Waals surface area contributed by atoms with E-state index in [1.165, 1.54) is 0 Å². The van der Waals surface area contributed by atoms with Crippen molar-refractivity contribution in [3.8, 4) is 0 Å². The van der Waals surface area contributed by atoms with Gasteiger partial charge in [0.15, 0.2) is 9.04 Å².